The molecule has 0 bridgehead atoms. The molecule has 7 nitrogen and oxygen atoms in total. The number of hydrogen-bond donors (Lipinski definition) is 3. The van der Waals surface area contributed by atoms with Crippen LogP contribution in [-0.2, 0) is 22.0 Å². The van der Waals surface area contributed by atoms with Crippen molar-refractivity contribution in [1.29, 1.82) is 0 Å². The molecule has 3 N–H and O–H groups in total. The molecule has 0 aliphatic carbocycles. The molecule has 2 rings (SSSR count). The summed E-state index contributed by atoms with van der Waals surface area (Å²) >= 11 is 3.00. The fourth-order valence-electron chi connectivity index (χ4n) is 1.61. The van der Waals surface area contributed by atoms with Crippen LogP contribution >= 0.6 is 15.9 Å². The summed E-state index contributed by atoms with van der Waals surface area (Å²) in [7, 11) is -1.00. The van der Waals surface area contributed by atoms with Crippen molar-refractivity contribution < 1.29 is 171 Å². The van der Waals surface area contributed by atoms with Gasteiger partial charge in [-0.1, -0.05) is 28.1 Å². The van der Waals surface area contributed by atoms with Gasteiger partial charge in [0.25, 0.3) is 6.47 Å². The number of aliphatic hydroxyl groups excluding tert-OH is 2. The third-order valence-electron chi connectivity index (χ3n) is 2.82. The smallest absolute Gasteiger partial charge is 1.00 e. The van der Waals surface area contributed by atoms with E-state index in [0.717, 1.165) is 24.3 Å². The van der Waals surface area contributed by atoms with E-state index in [1.807, 2.05) is 0 Å². The van der Waals surface area contributed by atoms with Gasteiger partial charge in [0.15, 0.2) is 0 Å². The van der Waals surface area contributed by atoms with Crippen molar-refractivity contribution in [2.24, 2.45) is 0 Å². The van der Waals surface area contributed by atoms with Gasteiger partial charge in [-0.25, -0.2) is 0 Å². The molecular formula is C20H24BrF7K2O7. The third kappa shape index (κ3) is 29.5. The molecule has 204 valence electrons. The Balaban J connectivity index is -0.0000000973. The Bertz CT molecular complexity index is 812. The Morgan fingerprint density at radius 2 is 1.41 bits per heavy atom. The number of aliphatic hydroxyl groups is 2. The molecule has 0 amide bonds. The van der Waals surface area contributed by atoms with Gasteiger partial charge in [0, 0.05) is 5.33 Å². The zero-order valence-corrected chi connectivity index (χ0v) is 27.6. The molecule has 0 unspecified atom stereocenters. The molecule has 0 saturated heterocycles. The molecule has 2 aromatic carbocycles. The van der Waals surface area contributed by atoms with Crippen LogP contribution in [0.2, 0.25) is 0 Å². The Morgan fingerprint density at radius 3 is 1.70 bits per heavy atom. The second-order valence-electron chi connectivity index (χ2n) is 5.25. The van der Waals surface area contributed by atoms with Crippen molar-refractivity contribution in [2.45, 2.75) is 12.4 Å². The van der Waals surface area contributed by atoms with Crippen molar-refractivity contribution in [2.75, 3.05) is 32.3 Å². The van der Waals surface area contributed by atoms with Crippen LogP contribution in [0.4, 0.5) is 30.7 Å². The number of alkyl halides is 8. The molecule has 0 aliphatic heterocycles. The summed E-state index contributed by atoms with van der Waals surface area (Å²) in [6.07, 6.45) is -8.74. The van der Waals surface area contributed by atoms with E-state index in [2.05, 4.69) is 20.8 Å². The Hall–Kier alpha value is 0.653. The monoisotopic (exact) mass is 667 g/mol. The van der Waals surface area contributed by atoms with Crippen molar-refractivity contribution in [3.05, 3.63) is 59.7 Å². The standard InChI is InChI=1S/C9H9F3O2.C7H5F3O.C2H5BrO.CH3F.CH2O3.2K.H/c10-9(11,12)7-2-1-3-8(6-7)14-5-4-13;8-7(9,10)5-2-1-3-6(11)4-5;3-1-2-4;1-2;2-1-4-3;;;/h1-3,6,13H,4-5H2;1-4,11H;4H,1-2H2;1H3;1,3H;;;/q;;;;;2*+1;-1/p-1/i;;;1D;;;;. The first-order valence-corrected chi connectivity index (χ1v) is 9.92. The van der Waals surface area contributed by atoms with Crippen molar-refractivity contribution in [3.63, 3.8) is 0 Å². The van der Waals surface area contributed by atoms with Crippen LogP contribution in [0, 0.1) is 0 Å². The maximum Gasteiger partial charge on any atom is 1.00 e. The number of carbonyl (C=O) groups excluding carboxylic acids is 1. The SMILES string of the molecule is O=CO[O-].OCCBr.OCCOc1cccc(C(F)(F)F)c1.Oc1cccc(C(F)(F)F)c1.[2H]CF.[H-].[K+].[K+]. The second kappa shape index (κ2) is 29.6. The van der Waals surface area contributed by atoms with E-state index in [4.69, 9.17) is 31.5 Å². The topological polar surface area (TPSA) is 119 Å². The van der Waals surface area contributed by atoms with Gasteiger partial charge >= 0.3 is 115 Å². The predicted molar refractivity (Wildman–Crippen MR) is 113 cm³/mol. The van der Waals surface area contributed by atoms with Gasteiger partial charge in [0.1, 0.15) is 18.1 Å². The molecule has 0 saturated carbocycles. The summed E-state index contributed by atoms with van der Waals surface area (Å²) < 4.78 is 92.5. The van der Waals surface area contributed by atoms with E-state index in [9.17, 15) is 30.7 Å². The molecule has 0 aromatic heterocycles. The fourth-order valence-corrected chi connectivity index (χ4v) is 1.61. The average Bonchev–Trinajstić information content (AvgIpc) is 2.83. The molecule has 0 heterocycles. The Labute approximate surface area is 305 Å². The first-order valence-electron chi connectivity index (χ1n) is 9.51. The number of hydrogen-bond acceptors (Lipinski definition) is 7. The van der Waals surface area contributed by atoms with Crippen LogP contribution in [0.15, 0.2) is 48.5 Å². The van der Waals surface area contributed by atoms with Crippen LogP contribution in [0.25, 0.3) is 0 Å². The molecule has 0 fully saturated rings. The summed E-state index contributed by atoms with van der Waals surface area (Å²) in [4.78, 5) is 11.2. The molecule has 2 aromatic rings. The van der Waals surface area contributed by atoms with Gasteiger partial charge in [-0.3, -0.25) is 9.18 Å². The van der Waals surface area contributed by atoms with Gasteiger partial charge in [0.05, 0.1) is 32.9 Å². The zero-order chi connectivity index (χ0) is 28.6. The number of aromatic hydroxyl groups is 1. The molecule has 0 atom stereocenters. The summed E-state index contributed by atoms with van der Waals surface area (Å²) in [6.45, 7) is -0.183. The Kier molecular flexibility index (Phi) is 35.8. The molecule has 0 aliphatic rings. The van der Waals surface area contributed by atoms with Crippen molar-refractivity contribution in [3.8, 4) is 11.5 Å². The zero-order valence-electron chi connectivity index (χ0n) is 21.7. The van der Waals surface area contributed by atoms with Crippen LogP contribution in [0.3, 0.4) is 0 Å². The molecule has 17 heteroatoms. The average molecular weight is 668 g/mol. The quantitative estimate of drug-likeness (QED) is 0.0844. The van der Waals surface area contributed by atoms with E-state index < -0.39 is 30.6 Å². The molecule has 0 spiro atoms. The number of halogens is 8. The number of phenolic OH excluding ortho intramolecular Hbond substituents is 1. The third-order valence-corrected chi connectivity index (χ3v) is 3.17. The van der Waals surface area contributed by atoms with E-state index in [-0.39, 0.29) is 142 Å². The molecule has 0 radical (unpaired) electrons. The minimum Gasteiger partial charge on any atom is -1.00 e. The summed E-state index contributed by atoms with van der Waals surface area (Å²) in [5, 5.41) is 34.0. The number of phenols is 1. The number of rotatable bonds is 5. The van der Waals surface area contributed by atoms with E-state index >= 15 is 0 Å². The van der Waals surface area contributed by atoms with Gasteiger partial charge in [-0.05, 0) is 36.4 Å². The summed E-state index contributed by atoms with van der Waals surface area (Å²) in [6, 6.07) is 8.45. The largest absolute Gasteiger partial charge is 1.00 e. The minimum atomic E-state index is -4.38. The first-order chi connectivity index (χ1) is 16.8. The normalized spacial score (nSPS) is 9.65. The van der Waals surface area contributed by atoms with Crippen molar-refractivity contribution in [1.82, 2.24) is 0 Å². The van der Waals surface area contributed by atoms with Crippen LogP contribution in [0.1, 0.15) is 13.9 Å². The summed E-state index contributed by atoms with van der Waals surface area (Å²) in [5.74, 6) is -0.270. The van der Waals surface area contributed by atoms with Gasteiger partial charge < -0.3 is 31.6 Å². The molecular weight excluding hydrogens is 643 g/mol. The van der Waals surface area contributed by atoms with Gasteiger partial charge in [-0.15, -0.1) is 0 Å². The van der Waals surface area contributed by atoms with Crippen molar-refractivity contribution >= 4 is 22.4 Å². The second-order valence-corrected chi connectivity index (χ2v) is 6.04. The predicted octanol–water partition coefficient (Wildman–Crippen LogP) is -2.00. The van der Waals surface area contributed by atoms with Gasteiger partial charge in [-0.2, -0.15) is 26.3 Å². The minimum absolute atomic E-state index is 0. The number of benzene rings is 2. The van der Waals surface area contributed by atoms with E-state index in [1.54, 1.807) is 0 Å². The first kappa shape index (κ1) is 44.7. The van der Waals surface area contributed by atoms with Gasteiger partial charge in [0.2, 0.25) is 0 Å². The maximum atomic E-state index is 12.2. The Morgan fingerprint density at radius 1 is 1.00 bits per heavy atom. The number of ether oxygens (including phenoxy) is 1. The maximum absolute atomic E-state index is 12.2. The fraction of sp³-hybridized carbons (Fsp3) is 0.350. The van der Waals surface area contributed by atoms with Crippen LogP contribution < -0.4 is 113 Å². The van der Waals surface area contributed by atoms with E-state index in [1.165, 1.54) is 18.2 Å². The van der Waals surface area contributed by atoms with Crippen LogP contribution in [0.5, 0.6) is 11.5 Å². The van der Waals surface area contributed by atoms with E-state index in [0.29, 0.717) is 11.4 Å². The van der Waals surface area contributed by atoms with Crippen LogP contribution in [-0.4, -0.2) is 54.1 Å². The molecule has 37 heavy (non-hydrogen) atoms. The number of carbonyl (C=O) groups is 1. The summed E-state index contributed by atoms with van der Waals surface area (Å²) in [5.41, 5.74) is -1.59.